The number of hydrogen-bond donors (Lipinski definition) is 1. The topological polar surface area (TPSA) is 49.6 Å². The summed E-state index contributed by atoms with van der Waals surface area (Å²) in [7, 11) is 0. The lowest BCUT2D eigenvalue weighted by molar-refractivity contribution is -0.133. The molecule has 1 aliphatic rings. The third kappa shape index (κ3) is 4.60. The molecular formula is C14H23N3OS. The zero-order valence-electron chi connectivity index (χ0n) is 11.5. The van der Waals surface area contributed by atoms with Crippen molar-refractivity contribution in [2.24, 2.45) is 5.73 Å². The summed E-state index contributed by atoms with van der Waals surface area (Å²) in [6, 6.07) is 4.38. The Morgan fingerprint density at radius 2 is 2.16 bits per heavy atom. The van der Waals surface area contributed by atoms with Gasteiger partial charge in [0.15, 0.2) is 0 Å². The van der Waals surface area contributed by atoms with Gasteiger partial charge in [-0.1, -0.05) is 6.07 Å². The average Bonchev–Trinajstić information content (AvgIpc) is 2.89. The quantitative estimate of drug-likeness (QED) is 0.890. The molecule has 2 heterocycles. The van der Waals surface area contributed by atoms with Crippen LogP contribution in [0.15, 0.2) is 17.5 Å². The van der Waals surface area contributed by atoms with E-state index in [0.717, 1.165) is 39.1 Å². The highest BCUT2D eigenvalue weighted by Crippen LogP contribution is 2.14. The normalized spacial score (nSPS) is 18.5. The molecule has 0 spiro atoms. The van der Waals surface area contributed by atoms with E-state index in [-0.39, 0.29) is 11.9 Å². The number of piperazine rings is 1. The summed E-state index contributed by atoms with van der Waals surface area (Å²) in [5.41, 5.74) is 5.69. The molecule has 5 heteroatoms. The predicted octanol–water partition coefficient (Wildman–Crippen LogP) is 1.52. The van der Waals surface area contributed by atoms with Crippen molar-refractivity contribution >= 4 is 17.2 Å². The van der Waals surface area contributed by atoms with Crippen molar-refractivity contribution in [1.29, 1.82) is 0 Å². The van der Waals surface area contributed by atoms with Crippen LogP contribution in [0.3, 0.4) is 0 Å². The summed E-state index contributed by atoms with van der Waals surface area (Å²) >= 11 is 1.80. The van der Waals surface area contributed by atoms with Gasteiger partial charge in [0.05, 0.1) is 0 Å². The number of nitrogens with two attached hydrogens (primary N) is 1. The first-order valence-electron chi connectivity index (χ1n) is 6.93. The van der Waals surface area contributed by atoms with Crippen LogP contribution >= 0.6 is 11.3 Å². The molecule has 1 aliphatic heterocycles. The van der Waals surface area contributed by atoms with Crippen LogP contribution in [0.1, 0.15) is 24.6 Å². The van der Waals surface area contributed by atoms with E-state index in [4.69, 9.17) is 5.73 Å². The van der Waals surface area contributed by atoms with E-state index < -0.39 is 0 Å². The molecule has 1 atom stereocenters. The average molecular weight is 281 g/mol. The third-order valence-electron chi connectivity index (χ3n) is 3.50. The highest BCUT2D eigenvalue weighted by atomic mass is 32.1. The number of amides is 1. The standard InChI is InChI=1S/C14H23N3OS/c1-12(15)4-5-14(18)17-8-6-16(7-9-17)11-13-3-2-10-19-13/h2-3,10,12H,4-9,11,15H2,1H3. The van der Waals surface area contributed by atoms with Crippen LogP contribution in [0.25, 0.3) is 0 Å². The fraction of sp³-hybridized carbons (Fsp3) is 0.643. The van der Waals surface area contributed by atoms with Crippen LogP contribution < -0.4 is 5.73 Å². The Balaban J connectivity index is 1.71. The number of hydrogen-bond acceptors (Lipinski definition) is 4. The first-order chi connectivity index (χ1) is 9.15. The van der Waals surface area contributed by atoms with Gasteiger partial charge in [-0.2, -0.15) is 0 Å². The van der Waals surface area contributed by atoms with Gasteiger partial charge in [-0.05, 0) is 24.8 Å². The number of carbonyl (C=O) groups excluding carboxylic acids is 1. The van der Waals surface area contributed by atoms with E-state index in [1.807, 2.05) is 11.8 Å². The zero-order chi connectivity index (χ0) is 13.7. The van der Waals surface area contributed by atoms with Crippen molar-refractivity contribution in [3.8, 4) is 0 Å². The Bertz CT molecular complexity index is 383. The second-order valence-electron chi connectivity index (χ2n) is 5.25. The molecule has 1 unspecified atom stereocenters. The highest BCUT2D eigenvalue weighted by Gasteiger charge is 2.21. The van der Waals surface area contributed by atoms with Gasteiger partial charge in [-0.25, -0.2) is 0 Å². The van der Waals surface area contributed by atoms with E-state index in [1.54, 1.807) is 11.3 Å². The lowest BCUT2D eigenvalue weighted by atomic mass is 10.1. The molecule has 2 rings (SSSR count). The molecular weight excluding hydrogens is 258 g/mol. The number of carbonyl (C=O) groups is 1. The van der Waals surface area contributed by atoms with Crippen LogP contribution in [0.2, 0.25) is 0 Å². The minimum absolute atomic E-state index is 0.115. The van der Waals surface area contributed by atoms with Gasteiger partial charge >= 0.3 is 0 Å². The SMILES string of the molecule is CC(N)CCC(=O)N1CCN(Cc2cccs2)CC1. The number of nitrogens with zero attached hydrogens (tertiary/aromatic N) is 2. The molecule has 1 amide bonds. The highest BCUT2D eigenvalue weighted by molar-refractivity contribution is 7.09. The molecule has 106 valence electrons. The van der Waals surface area contributed by atoms with Crippen LogP contribution in [0.5, 0.6) is 0 Å². The third-order valence-corrected chi connectivity index (χ3v) is 4.36. The van der Waals surface area contributed by atoms with Crippen molar-refractivity contribution in [3.05, 3.63) is 22.4 Å². The lowest BCUT2D eigenvalue weighted by Gasteiger charge is -2.34. The lowest BCUT2D eigenvalue weighted by Crippen LogP contribution is -2.48. The molecule has 2 N–H and O–H groups in total. The number of thiophene rings is 1. The van der Waals surface area contributed by atoms with E-state index in [9.17, 15) is 4.79 Å². The summed E-state index contributed by atoms with van der Waals surface area (Å²) in [5, 5.41) is 2.11. The molecule has 0 radical (unpaired) electrons. The second kappa shape index (κ2) is 7.03. The molecule has 1 saturated heterocycles. The van der Waals surface area contributed by atoms with Crippen LogP contribution in [0, 0.1) is 0 Å². The number of rotatable bonds is 5. The Kier molecular flexibility index (Phi) is 5.36. The smallest absolute Gasteiger partial charge is 0.222 e. The Morgan fingerprint density at radius 3 is 2.74 bits per heavy atom. The molecule has 19 heavy (non-hydrogen) atoms. The first-order valence-corrected chi connectivity index (χ1v) is 7.81. The minimum atomic E-state index is 0.115. The van der Waals surface area contributed by atoms with E-state index in [1.165, 1.54) is 4.88 Å². The van der Waals surface area contributed by atoms with Crippen molar-refractivity contribution in [2.45, 2.75) is 32.4 Å². The summed E-state index contributed by atoms with van der Waals surface area (Å²) in [6.07, 6.45) is 1.37. The van der Waals surface area contributed by atoms with E-state index >= 15 is 0 Å². The van der Waals surface area contributed by atoms with Gasteiger partial charge in [0.25, 0.3) is 0 Å². The molecule has 1 aromatic rings. The minimum Gasteiger partial charge on any atom is -0.340 e. The molecule has 1 fully saturated rings. The van der Waals surface area contributed by atoms with Crippen molar-refractivity contribution in [2.75, 3.05) is 26.2 Å². The summed E-state index contributed by atoms with van der Waals surface area (Å²) in [5.74, 6) is 0.257. The first kappa shape index (κ1) is 14.5. The molecule has 0 aromatic carbocycles. The van der Waals surface area contributed by atoms with Crippen LogP contribution in [-0.4, -0.2) is 47.9 Å². The van der Waals surface area contributed by atoms with E-state index in [2.05, 4.69) is 22.4 Å². The Morgan fingerprint density at radius 1 is 1.42 bits per heavy atom. The van der Waals surface area contributed by atoms with Gasteiger partial charge in [-0.15, -0.1) is 11.3 Å². The van der Waals surface area contributed by atoms with Gasteiger partial charge < -0.3 is 10.6 Å². The van der Waals surface area contributed by atoms with Gasteiger partial charge in [0.2, 0.25) is 5.91 Å². The fourth-order valence-electron chi connectivity index (χ4n) is 2.29. The maximum absolute atomic E-state index is 12.0. The molecule has 0 saturated carbocycles. The molecule has 4 nitrogen and oxygen atoms in total. The molecule has 0 bridgehead atoms. The van der Waals surface area contributed by atoms with E-state index in [0.29, 0.717) is 6.42 Å². The largest absolute Gasteiger partial charge is 0.340 e. The van der Waals surface area contributed by atoms with Gasteiger partial charge in [0.1, 0.15) is 0 Å². The second-order valence-corrected chi connectivity index (χ2v) is 6.28. The summed E-state index contributed by atoms with van der Waals surface area (Å²) in [6.45, 7) is 6.61. The van der Waals surface area contributed by atoms with Crippen LogP contribution in [-0.2, 0) is 11.3 Å². The Labute approximate surface area is 119 Å². The van der Waals surface area contributed by atoms with Crippen molar-refractivity contribution in [1.82, 2.24) is 9.80 Å². The fourth-order valence-corrected chi connectivity index (χ4v) is 3.03. The molecule has 1 aromatic heterocycles. The zero-order valence-corrected chi connectivity index (χ0v) is 12.4. The maximum atomic E-state index is 12.0. The van der Waals surface area contributed by atoms with Crippen molar-refractivity contribution < 1.29 is 4.79 Å². The monoisotopic (exact) mass is 281 g/mol. The van der Waals surface area contributed by atoms with Crippen LogP contribution in [0.4, 0.5) is 0 Å². The summed E-state index contributed by atoms with van der Waals surface area (Å²) < 4.78 is 0. The molecule has 0 aliphatic carbocycles. The van der Waals surface area contributed by atoms with Crippen molar-refractivity contribution in [3.63, 3.8) is 0 Å². The maximum Gasteiger partial charge on any atom is 0.222 e. The van der Waals surface area contributed by atoms with Gasteiger partial charge in [0, 0.05) is 50.1 Å². The summed E-state index contributed by atoms with van der Waals surface area (Å²) in [4.78, 5) is 17.8. The Hall–Kier alpha value is -0.910. The van der Waals surface area contributed by atoms with Gasteiger partial charge in [-0.3, -0.25) is 9.69 Å². The predicted molar refractivity (Wildman–Crippen MR) is 79.1 cm³/mol.